The van der Waals surface area contributed by atoms with Crippen molar-refractivity contribution in [2.45, 2.75) is 27.7 Å². The Kier molecular flexibility index (Phi) is 5.67. The van der Waals surface area contributed by atoms with Gasteiger partial charge in [-0.3, -0.25) is 0 Å². The molecule has 0 heterocycles. The van der Waals surface area contributed by atoms with Crippen LogP contribution < -0.4 is 0 Å². The molecule has 0 unspecified atom stereocenters. The van der Waals surface area contributed by atoms with E-state index in [9.17, 15) is 0 Å². The number of allylic oxidation sites excluding steroid dienone is 8. The summed E-state index contributed by atoms with van der Waals surface area (Å²) in [5.74, 6) is 0. The summed E-state index contributed by atoms with van der Waals surface area (Å²) in [5, 5.41) is 0. The summed E-state index contributed by atoms with van der Waals surface area (Å²) in [5.41, 5.74) is 3.96. The van der Waals surface area contributed by atoms with Gasteiger partial charge in [-0.1, -0.05) is 77.0 Å². The first-order valence-corrected chi connectivity index (χ1v) is 5.74. The zero-order valence-corrected chi connectivity index (χ0v) is 11.6. The Bertz CT molecular complexity index is 392. The summed E-state index contributed by atoms with van der Waals surface area (Å²) in [7, 11) is 0. The molecule has 0 nitrogen and oxygen atoms in total. The molecule has 0 aliphatic rings. The molecule has 0 aromatic rings. The first kappa shape index (κ1) is 15.4. The van der Waals surface area contributed by atoms with Crippen LogP contribution in [0.5, 0.6) is 0 Å². The van der Waals surface area contributed by atoms with Gasteiger partial charge in [-0.05, 0) is 29.1 Å². The molecule has 0 bridgehead atoms. The van der Waals surface area contributed by atoms with Gasteiger partial charge in [-0.2, -0.15) is 0 Å². The molecule has 0 aliphatic heterocycles. The van der Waals surface area contributed by atoms with E-state index in [4.69, 9.17) is 0 Å². The second kappa shape index (κ2) is 6.24. The Morgan fingerprint density at radius 2 is 1.18 bits per heavy atom. The molecule has 0 saturated heterocycles. The van der Waals surface area contributed by atoms with Crippen LogP contribution in [-0.2, 0) is 0 Å². The molecular weight excluding hydrogens is 204 g/mol. The number of hydrogen-bond donors (Lipinski definition) is 0. The molecule has 0 aliphatic carbocycles. The highest BCUT2D eigenvalue weighted by Gasteiger charge is 2.11. The molecule has 0 N–H and O–H groups in total. The second-order valence-corrected chi connectivity index (χ2v) is 5.34. The Labute approximate surface area is 106 Å². The van der Waals surface area contributed by atoms with Crippen molar-refractivity contribution in [3.05, 3.63) is 72.9 Å². The van der Waals surface area contributed by atoms with Gasteiger partial charge in [-0.25, -0.2) is 0 Å². The van der Waals surface area contributed by atoms with Crippen molar-refractivity contribution < 1.29 is 0 Å². The highest BCUT2D eigenvalue weighted by Crippen LogP contribution is 2.25. The highest BCUT2D eigenvalue weighted by molar-refractivity contribution is 5.45. The predicted octanol–water partition coefficient (Wildman–Crippen LogP) is 5.39. The van der Waals surface area contributed by atoms with E-state index in [1.54, 1.807) is 0 Å². The van der Waals surface area contributed by atoms with E-state index in [1.165, 1.54) is 0 Å². The van der Waals surface area contributed by atoms with Crippen molar-refractivity contribution in [2.24, 2.45) is 5.41 Å². The zero-order chi connectivity index (χ0) is 13.6. The van der Waals surface area contributed by atoms with Crippen LogP contribution in [0.2, 0.25) is 0 Å². The van der Waals surface area contributed by atoms with Crippen molar-refractivity contribution in [3.8, 4) is 0 Å². The topological polar surface area (TPSA) is 0 Å². The van der Waals surface area contributed by atoms with Gasteiger partial charge in [0.05, 0.1) is 0 Å². The van der Waals surface area contributed by atoms with Crippen LogP contribution >= 0.6 is 0 Å². The average molecular weight is 228 g/mol. The monoisotopic (exact) mass is 228 g/mol. The lowest BCUT2D eigenvalue weighted by molar-refractivity contribution is 0.519. The lowest BCUT2D eigenvalue weighted by atomic mass is 9.87. The molecule has 0 aromatic carbocycles. The third-order valence-electron chi connectivity index (χ3n) is 2.43. The molecule has 0 aromatic heterocycles. The van der Waals surface area contributed by atoms with E-state index < -0.39 is 0 Å². The van der Waals surface area contributed by atoms with E-state index in [-0.39, 0.29) is 5.41 Å². The van der Waals surface area contributed by atoms with E-state index in [2.05, 4.69) is 47.1 Å². The molecule has 17 heavy (non-hydrogen) atoms. The maximum Gasteiger partial charge on any atom is -0.0138 e. The van der Waals surface area contributed by atoms with Crippen molar-refractivity contribution in [1.29, 1.82) is 0 Å². The van der Waals surface area contributed by atoms with Gasteiger partial charge < -0.3 is 0 Å². The fourth-order valence-corrected chi connectivity index (χ4v) is 0.908. The molecule has 0 heteroatoms. The first-order chi connectivity index (χ1) is 7.64. The van der Waals surface area contributed by atoms with Crippen molar-refractivity contribution in [3.63, 3.8) is 0 Å². The Morgan fingerprint density at radius 3 is 1.53 bits per heavy atom. The van der Waals surface area contributed by atoms with Crippen LogP contribution in [0, 0.1) is 5.41 Å². The highest BCUT2D eigenvalue weighted by atomic mass is 14.2. The zero-order valence-electron chi connectivity index (χ0n) is 11.6. The summed E-state index contributed by atoms with van der Waals surface area (Å²) >= 11 is 0. The third kappa shape index (κ3) is 6.57. The second-order valence-electron chi connectivity index (χ2n) is 5.34. The van der Waals surface area contributed by atoms with Crippen molar-refractivity contribution >= 4 is 0 Å². The maximum absolute atomic E-state index is 4.04. The molecule has 92 valence electrons. The molecule has 0 atom stereocenters. The van der Waals surface area contributed by atoms with Crippen LogP contribution in [0.25, 0.3) is 0 Å². The molecule has 0 fully saturated rings. The molecule has 0 saturated carbocycles. The minimum atomic E-state index is 0.0889. The largest absolute Gasteiger partial charge is 0.0961 e. The Hall–Kier alpha value is -1.56. The van der Waals surface area contributed by atoms with E-state index in [0.717, 1.165) is 22.3 Å². The summed E-state index contributed by atoms with van der Waals surface area (Å²) < 4.78 is 0. The summed E-state index contributed by atoms with van der Waals surface area (Å²) in [4.78, 5) is 0. The molecule has 0 amide bonds. The van der Waals surface area contributed by atoms with E-state index in [1.807, 2.05) is 31.2 Å². The van der Waals surface area contributed by atoms with Crippen LogP contribution in [0.4, 0.5) is 0 Å². The minimum Gasteiger partial charge on any atom is -0.0961 e. The van der Waals surface area contributed by atoms with Crippen LogP contribution in [-0.4, -0.2) is 0 Å². The van der Waals surface area contributed by atoms with Crippen molar-refractivity contribution in [2.75, 3.05) is 0 Å². The summed E-state index contributed by atoms with van der Waals surface area (Å²) in [6.45, 7) is 24.1. The Balaban J connectivity index is 4.57. The Morgan fingerprint density at radius 1 is 0.765 bits per heavy atom. The normalized spacial score (nSPS) is 12.0. The van der Waals surface area contributed by atoms with Gasteiger partial charge in [0.25, 0.3) is 0 Å². The average Bonchev–Trinajstić information content (AvgIpc) is 2.20. The van der Waals surface area contributed by atoms with Crippen LogP contribution in [0.1, 0.15) is 27.7 Å². The molecule has 0 radical (unpaired) electrons. The lowest BCUT2D eigenvalue weighted by Gasteiger charge is -2.18. The minimum absolute atomic E-state index is 0.0889. The van der Waals surface area contributed by atoms with E-state index in [0.29, 0.717) is 0 Å². The fourth-order valence-electron chi connectivity index (χ4n) is 0.908. The fraction of sp³-hybridized carbons (Fsp3) is 0.294. The van der Waals surface area contributed by atoms with Gasteiger partial charge in [0, 0.05) is 0 Å². The van der Waals surface area contributed by atoms with Crippen LogP contribution in [0.15, 0.2) is 72.9 Å². The smallest absolute Gasteiger partial charge is 0.0138 e. The quantitative estimate of drug-likeness (QED) is 0.553. The number of hydrogen-bond acceptors (Lipinski definition) is 0. The van der Waals surface area contributed by atoms with E-state index >= 15 is 0 Å². The van der Waals surface area contributed by atoms with Gasteiger partial charge in [-0.15, -0.1) is 0 Å². The third-order valence-corrected chi connectivity index (χ3v) is 2.43. The lowest BCUT2D eigenvalue weighted by Crippen LogP contribution is -2.05. The first-order valence-electron chi connectivity index (χ1n) is 5.74. The predicted molar refractivity (Wildman–Crippen MR) is 80.0 cm³/mol. The number of rotatable bonds is 5. The molecule has 0 spiro atoms. The standard InChI is InChI=1S/C17H24/c1-13(2)9-10-14(3)15(4)11-12-16(5)17(6,7)8/h9-12H,1,3-5H2,2,6-8H3/b10-9-,12-11-. The van der Waals surface area contributed by atoms with Gasteiger partial charge >= 0.3 is 0 Å². The van der Waals surface area contributed by atoms with Crippen LogP contribution in [0.3, 0.4) is 0 Å². The van der Waals surface area contributed by atoms with Gasteiger partial charge in [0.15, 0.2) is 0 Å². The maximum atomic E-state index is 4.04. The molecular formula is C17H24. The van der Waals surface area contributed by atoms with Gasteiger partial charge in [0.2, 0.25) is 0 Å². The van der Waals surface area contributed by atoms with Crippen molar-refractivity contribution in [1.82, 2.24) is 0 Å². The SMILES string of the molecule is C=C(C)/C=C\C(=C)C(=C)/C=C\C(=C)C(C)(C)C. The van der Waals surface area contributed by atoms with Gasteiger partial charge in [0.1, 0.15) is 0 Å². The summed E-state index contributed by atoms with van der Waals surface area (Å²) in [6.07, 6.45) is 7.82. The molecule has 0 rings (SSSR count). The summed E-state index contributed by atoms with van der Waals surface area (Å²) in [6, 6.07) is 0.